The van der Waals surface area contributed by atoms with Crippen molar-refractivity contribution in [2.75, 3.05) is 0 Å². The Morgan fingerprint density at radius 1 is 0.909 bits per heavy atom. The molecule has 1 aromatic carbocycles. The summed E-state index contributed by atoms with van der Waals surface area (Å²) >= 11 is 5.98. The van der Waals surface area contributed by atoms with E-state index in [2.05, 4.69) is 9.97 Å². The van der Waals surface area contributed by atoms with E-state index >= 15 is 0 Å². The highest BCUT2D eigenvalue weighted by molar-refractivity contribution is 6.30. The molecule has 4 aromatic heterocycles. The lowest BCUT2D eigenvalue weighted by Gasteiger charge is -2.13. The standard InChI is InChI=1S/C24H18ClN5O3/c25-17-8-9-20-27-18(13-21(31)29(20)14-17)15-30-22-19(7-4-11-26-22)23(32)28(24(30)33)12-10-16-5-2-1-3-6-16/h1-9,11,13-14H,10,12,15H2. The molecular weight excluding hydrogens is 442 g/mol. The molecule has 33 heavy (non-hydrogen) atoms. The molecule has 0 aliphatic carbocycles. The number of aryl methyl sites for hydroxylation is 1. The van der Waals surface area contributed by atoms with Gasteiger partial charge in [-0.1, -0.05) is 41.9 Å². The van der Waals surface area contributed by atoms with Crippen molar-refractivity contribution < 1.29 is 0 Å². The fourth-order valence-electron chi connectivity index (χ4n) is 3.84. The molecule has 0 saturated carbocycles. The van der Waals surface area contributed by atoms with Crippen LogP contribution in [0.2, 0.25) is 5.02 Å². The van der Waals surface area contributed by atoms with Gasteiger partial charge >= 0.3 is 5.69 Å². The summed E-state index contributed by atoms with van der Waals surface area (Å²) in [6, 6.07) is 17.6. The average molecular weight is 460 g/mol. The fraction of sp³-hybridized carbons (Fsp3) is 0.125. The molecule has 0 N–H and O–H groups in total. The van der Waals surface area contributed by atoms with Crippen LogP contribution in [0.1, 0.15) is 11.3 Å². The monoisotopic (exact) mass is 459 g/mol. The third-order valence-electron chi connectivity index (χ3n) is 5.44. The first kappa shape index (κ1) is 20.8. The third-order valence-corrected chi connectivity index (χ3v) is 5.67. The van der Waals surface area contributed by atoms with Crippen molar-refractivity contribution in [3.8, 4) is 0 Å². The number of hydrogen-bond acceptors (Lipinski definition) is 5. The van der Waals surface area contributed by atoms with Gasteiger partial charge in [-0.15, -0.1) is 0 Å². The van der Waals surface area contributed by atoms with Crippen molar-refractivity contribution in [2.24, 2.45) is 0 Å². The molecule has 4 heterocycles. The zero-order chi connectivity index (χ0) is 22.9. The average Bonchev–Trinajstić information content (AvgIpc) is 2.83. The van der Waals surface area contributed by atoms with E-state index in [9.17, 15) is 14.4 Å². The van der Waals surface area contributed by atoms with E-state index in [0.717, 1.165) is 5.56 Å². The van der Waals surface area contributed by atoms with Gasteiger partial charge in [0, 0.05) is 25.0 Å². The SMILES string of the molecule is O=c1c2cccnc2n(Cc2cc(=O)n3cc(Cl)ccc3n2)c(=O)n1CCc1ccccc1. The van der Waals surface area contributed by atoms with Crippen molar-refractivity contribution in [1.29, 1.82) is 0 Å². The first-order valence-electron chi connectivity index (χ1n) is 10.3. The van der Waals surface area contributed by atoms with Crippen LogP contribution in [-0.2, 0) is 19.5 Å². The molecule has 0 aliphatic rings. The number of hydrogen-bond donors (Lipinski definition) is 0. The lowest BCUT2D eigenvalue weighted by Crippen LogP contribution is -2.41. The molecule has 5 rings (SSSR count). The molecule has 0 unspecified atom stereocenters. The predicted octanol–water partition coefficient (Wildman–Crippen LogP) is 2.51. The second-order valence-electron chi connectivity index (χ2n) is 7.60. The number of rotatable bonds is 5. The molecule has 0 bridgehead atoms. The largest absolute Gasteiger partial charge is 0.333 e. The topological polar surface area (TPSA) is 91.3 Å². The van der Waals surface area contributed by atoms with Crippen molar-refractivity contribution in [2.45, 2.75) is 19.5 Å². The molecule has 164 valence electrons. The first-order chi connectivity index (χ1) is 16.0. The summed E-state index contributed by atoms with van der Waals surface area (Å²) < 4.78 is 3.94. The van der Waals surface area contributed by atoms with E-state index in [1.54, 1.807) is 24.3 Å². The van der Waals surface area contributed by atoms with Crippen molar-refractivity contribution >= 4 is 28.3 Å². The van der Waals surface area contributed by atoms with E-state index in [1.807, 2.05) is 30.3 Å². The van der Waals surface area contributed by atoms with E-state index in [-0.39, 0.29) is 24.3 Å². The molecule has 0 atom stereocenters. The summed E-state index contributed by atoms with van der Waals surface area (Å²) in [5.41, 5.74) is 0.845. The van der Waals surface area contributed by atoms with Gasteiger partial charge in [0.05, 0.1) is 22.6 Å². The second-order valence-corrected chi connectivity index (χ2v) is 8.03. The van der Waals surface area contributed by atoms with Gasteiger partial charge in [-0.25, -0.2) is 14.8 Å². The van der Waals surface area contributed by atoms with Gasteiger partial charge in [0.2, 0.25) is 0 Å². The number of nitrogens with zero attached hydrogens (tertiary/aromatic N) is 5. The Hall–Kier alpha value is -4.04. The molecular formula is C24H18ClN5O3. The van der Waals surface area contributed by atoms with Gasteiger partial charge in [0.15, 0.2) is 0 Å². The first-order valence-corrected chi connectivity index (χ1v) is 10.7. The normalized spacial score (nSPS) is 11.3. The molecule has 0 radical (unpaired) electrons. The van der Waals surface area contributed by atoms with Crippen molar-refractivity contribution in [1.82, 2.24) is 23.5 Å². The lowest BCUT2D eigenvalue weighted by atomic mass is 10.1. The molecule has 0 fully saturated rings. The van der Waals surface area contributed by atoms with E-state index in [0.29, 0.717) is 28.2 Å². The second kappa shape index (κ2) is 8.48. The van der Waals surface area contributed by atoms with Gasteiger partial charge in [-0.3, -0.25) is 23.1 Å². The molecule has 0 aliphatic heterocycles. The number of halogens is 1. The highest BCUT2D eigenvalue weighted by Gasteiger charge is 2.15. The quantitative estimate of drug-likeness (QED) is 0.403. The maximum absolute atomic E-state index is 13.4. The zero-order valence-corrected chi connectivity index (χ0v) is 18.1. The van der Waals surface area contributed by atoms with Crippen LogP contribution in [0.3, 0.4) is 0 Å². The summed E-state index contributed by atoms with van der Waals surface area (Å²) in [5.74, 6) is 0. The summed E-state index contributed by atoms with van der Waals surface area (Å²) in [7, 11) is 0. The third kappa shape index (κ3) is 3.96. The van der Waals surface area contributed by atoms with Crippen LogP contribution in [0.5, 0.6) is 0 Å². The Morgan fingerprint density at radius 3 is 2.55 bits per heavy atom. The maximum Gasteiger partial charge on any atom is 0.333 e. The van der Waals surface area contributed by atoms with E-state index < -0.39 is 11.2 Å². The maximum atomic E-state index is 13.4. The summed E-state index contributed by atoms with van der Waals surface area (Å²) in [6.07, 6.45) is 3.54. The smallest absolute Gasteiger partial charge is 0.271 e. The van der Waals surface area contributed by atoms with Gasteiger partial charge in [-0.05, 0) is 36.2 Å². The van der Waals surface area contributed by atoms with Gasteiger partial charge in [0.1, 0.15) is 11.3 Å². The van der Waals surface area contributed by atoms with Gasteiger partial charge in [0.25, 0.3) is 11.1 Å². The number of benzene rings is 1. The van der Waals surface area contributed by atoms with Crippen LogP contribution < -0.4 is 16.8 Å². The van der Waals surface area contributed by atoms with Crippen molar-refractivity contribution in [3.05, 3.63) is 121 Å². The minimum atomic E-state index is -0.500. The Morgan fingerprint density at radius 2 is 1.73 bits per heavy atom. The highest BCUT2D eigenvalue weighted by atomic mass is 35.5. The molecule has 0 saturated heterocycles. The van der Waals surface area contributed by atoms with E-state index in [4.69, 9.17) is 11.6 Å². The van der Waals surface area contributed by atoms with Crippen LogP contribution in [0.4, 0.5) is 0 Å². The highest BCUT2D eigenvalue weighted by Crippen LogP contribution is 2.10. The molecule has 0 amide bonds. The molecule has 8 nitrogen and oxygen atoms in total. The number of pyridine rings is 2. The summed E-state index contributed by atoms with van der Waals surface area (Å²) in [5, 5.41) is 0.741. The number of aromatic nitrogens is 5. The Kier molecular flexibility index (Phi) is 5.35. The van der Waals surface area contributed by atoms with Gasteiger partial charge < -0.3 is 0 Å². The fourth-order valence-corrected chi connectivity index (χ4v) is 4.00. The summed E-state index contributed by atoms with van der Waals surface area (Å²) in [6.45, 7) is 0.213. The van der Waals surface area contributed by atoms with Crippen LogP contribution in [0, 0.1) is 0 Å². The van der Waals surface area contributed by atoms with E-state index in [1.165, 1.54) is 32.0 Å². The lowest BCUT2D eigenvalue weighted by molar-refractivity contribution is 0.584. The zero-order valence-electron chi connectivity index (χ0n) is 17.4. The number of fused-ring (bicyclic) bond motifs is 2. The van der Waals surface area contributed by atoms with Gasteiger partial charge in [-0.2, -0.15) is 0 Å². The predicted molar refractivity (Wildman–Crippen MR) is 126 cm³/mol. The Balaban J connectivity index is 1.62. The van der Waals surface area contributed by atoms with Crippen LogP contribution in [0.25, 0.3) is 16.7 Å². The van der Waals surface area contributed by atoms with Crippen LogP contribution >= 0.6 is 11.6 Å². The summed E-state index contributed by atoms with van der Waals surface area (Å²) in [4.78, 5) is 47.8. The minimum Gasteiger partial charge on any atom is -0.271 e. The molecule has 0 spiro atoms. The van der Waals surface area contributed by atoms with Crippen molar-refractivity contribution in [3.63, 3.8) is 0 Å². The molecule has 9 heteroatoms. The Labute approximate surface area is 192 Å². The van der Waals surface area contributed by atoms with Crippen LogP contribution in [0.15, 0.2) is 87.4 Å². The molecule has 5 aromatic rings. The minimum absolute atomic E-state index is 0.00761. The Bertz CT molecular complexity index is 1670. The van der Waals surface area contributed by atoms with Crippen LogP contribution in [-0.4, -0.2) is 23.5 Å².